The molecule has 0 unspecified atom stereocenters. The van der Waals surface area contributed by atoms with Gasteiger partial charge >= 0.3 is 0 Å². The number of morpholine rings is 1. The fraction of sp³-hybridized carbons (Fsp3) is 0.318. The van der Waals surface area contributed by atoms with Crippen LogP contribution in [0.3, 0.4) is 0 Å². The smallest absolute Gasteiger partial charge is 0.295 e. The molecule has 2 aliphatic heterocycles. The van der Waals surface area contributed by atoms with Crippen molar-refractivity contribution in [1.82, 2.24) is 14.8 Å². The number of hydrogen-bond donors (Lipinski definition) is 1. The number of rotatable bonds is 5. The number of ketones is 1. The molecule has 30 heavy (non-hydrogen) atoms. The zero-order valence-electron chi connectivity index (χ0n) is 16.3. The molecule has 0 saturated carbocycles. The predicted octanol–water partition coefficient (Wildman–Crippen LogP) is 1.97. The highest BCUT2D eigenvalue weighted by molar-refractivity contribution is 6.46. The zero-order chi connectivity index (χ0) is 21.1. The third-order valence-corrected chi connectivity index (χ3v) is 5.39. The maximum absolute atomic E-state index is 13.3. The van der Waals surface area contributed by atoms with E-state index in [9.17, 15) is 19.1 Å². The van der Waals surface area contributed by atoms with Gasteiger partial charge in [0.05, 0.1) is 24.5 Å². The number of aliphatic hydroxyl groups is 1. The van der Waals surface area contributed by atoms with Crippen molar-refractivity contribution >= 4 is 17.4 Å². The molecule has 2 saturated heterocycles. The first-order chi connectivity index (χ1) is 14.6. The molecule has 1 atom stereocenters. The van der Waals surface area contributed by atoms with Crippen molar-refractivity contribution in [3.63, 3.8) is 0 Å². The Bertz CT molecular complexity index is 956. The van der Waals surface area contributed by atoms with Crippen LogP contribution in [0.5, 0.6) is 0 Å². The molecule has 7 nitrogen and oxygen atoms in total. The van der Waals surface area contributed by atoms with Gasteiger partial charge in [0, 0.05) is 37.9 Å². The number of benzene rings is 1. The average Bonchev–Trinajstić information content (AvgIpc) is 3.04. The summed E-state index contributed by atoms with van der Waals surface area (Å²) in [7, 11) is 0. The second-order valence-electron chi connectivity index (χ2n) is 7.21. The summed E-state index contributed by atoms with van der Waals surface area (Å²) in [6.45, 7) is 3.67. The summed E-state index contributed by atoms with van der Waals surface area (Å²) in [5, 5.41) is 10.9. The third kappa shape index (κ3) is 3.96. The van der Waals surface area contributed by atoms with Crippen molar-refractivity contribution in [2.75, 3.05) is 39.4 Å². The summed E-state index contributed by atoms with van der Waals surface area (Å²) in [5.41, 5.74) is 0.720. The third-order valence-electron chi connectivity index (χ3n) is 5.39. The fourth-order valence-electron chi connectivity index (χ4n) is 3.79. The van der Waals surface area contributed by atoms with Crippen LogP contribution in [0.15, 0.2) is 54.2 Å². The van der Waals surface area contributed by atoms with Gasteiger partial charge in [-0.15, -0.1) is 0 Å². The van der Waals surface area contributed by atoms with Gasteiger partial charge < -0.3 is 14.7 Å². The molecule has 156 valence electrons. The maximum Gasteiger partial charge on any atom is 0.295 e. The molecule has 4 rings (SSSR count). The van der Waals surface area contributed by atoms with E-state index < -0.39 is 23.5 Å². The van der Waals surface area contributed by atoms with E-state index >= 15 is 0 Å². The number of amides is 1. The van der Waals surface area contributed by atoms with Crippen molar-refractivity contribution < 1.29 is 23.8 Å². The van der Waals surface area contributed by atoms with Crippen molar-refractivity contribution in [2.24, 2.45) is 0 Å². The number of carbonyl (C=O) groups is 2. The van der Waals surface area contributed by atoms with E-state index in [2.05, 4.69) is 9.88 Å². The molecule has 1 amide bonds. The lowest BCUT2D eigenvalue weighted by Gasteiger charge is -2.30. The Morgan fingerprint density at radius 3 is 2.50 bits per heavy atom. The molecule has 8 heteroatoms. The Kier molecular flexibility index (Phi) is 5.87. The maximum atomic E-state index is 13.3. The summed E-state index contributed by atoms with van der Waals surface area (Å²) in [5.74, 6) is -2.24. The van der Waals surface area contributed by atoms with Crippen LogP contribution in [-0.2, 0) is 14.3 Å². The number of Topliss-reactive ketones (excluding diaryl/α,β-unsaturated/α-hetero) is 1. The fourth-order valence-corrected chi connectivity index (χ4v) is 3.79. The molecule has 0 bridgehead atoms. The number of halogens is 1. The van der Waals surface area contributed by atoms with Crippen LogP contribution >= 0.6 is 0 Å². The molecule has 2 aliphatic rings. The number of ether oxygens (including phenoxy) is 1. The summed E-state index contributed by atoms with van der Waals surface area (Å²) in [6.07, 6.45) is 1.58. The van der Waals surface area contributed by atoms with Gasteiger partial charge in [-0.05, 0) is 36.4 Å². The number of likely N-dealkylation sites (tertiary alicyclic amines) is 1. The summed E-state index contributed by atoms with van der Waals surface area (Å²) in [6, 6.07) is 9.56. The Morgan fingerprint density at radius 1 is 1.10 bits per heavy atom. The van der Waals surface area contributed by atoms with Crippen molar-refractivity contribution in [3.05, 3.63) is 71.3 Å². The number of aromatic nitrogens is 1. The number of nitrogens with zero attached hydrogens (tertiary/aromatic N) is 3. The van der Waals surface area contributed by atoms with Crippen molar-refractivity contribution in [1.29, 1.82) is 0 Å². The molecule has 0 spiro atoms. The molecular weight excluding hydrogens is 389 g/mol. The molecule has 1 N–H and O–H groups in total. The standard InChI is InChI=1S/C22H22FN3O4/c23-16-6-4-15(5-7-16)20(27)18-19(17-3-1-2-8-24-17)26(22(29)21(18)28)10-9-25-11-13-30-14-12-25/h1-8,19,27H,9-14H2/b20-18+/t19-/m1/s1. The van der Waals surface area contributed by atoms with E-state index in [1.807, 2.05) is 0 Å². The van der Waals surface area contributed by atoms with Gasteiger partial charge in [0.2, 0.25) is 0 Å². The molecule has 2 aromatic rings. The highest BCUT2D eigenvalue weighted by Crippen LogP contribution is 2.38. The van der Waals surface area contributed by atoms with E-state index in [-0.39, 0.29) is 16.9 Å². The minimum atomic E-state index is -0.808. The van der Waals surface area contributed by atoms with E-state index in [1.54, 1.807) is 24.4 Å². The van der Waals surface area contributed by atoms with E-state index in [0.717, 1.165) is 13.1 Å². The molecule has 3 heterocycles. The van der Waals surface area contributed by atoms with Crippen LogP contribution in [0.25, 0.3) is 5.76 Å². The molecule has 1 aromatic heterocycles. The van der Waals surface area contributed by atoms with Crippen LogP contribution < -0.4 is 0 Å². The van der Waals surface area contributed by atoms with Gasteiger partial charge in [0.15, 0.2) is 0 Å². The molecular formula is C22H22FN3O4. The van der Waals surface area contributed by atoms with Crippen LogP contribution in [-0.4, -0.2) is 71.0 Å². The Labute approximate surface area is 173 Å². The lowest BCUT2D eigenvalue weighted by atomic mass is 9.98. The molecule has 1 aromatic carbocycles. The lowest BCUT2D eigenvalue weighted by molar-refractivity contribution is -0.140. The van der Waals surface area contributed by atoms with Crippen molar-refractivity contribution in [2.45, 2.75) is 6.04 Å². The molecule has 0 radical (unpaired) electrons. The van der Waals surface area contributed by atoms with Gasteiger partial charge in [-0.1, -0.05) is 6.07 Å². The summed E-state index contributed by atoms with van der Waals surface area (Å²) in [4.78, 5) is 33.7. The van der Waals surface area contributed by atoms with E-state index in [1.165, 1.54) is 29.2 Å². The van der Waals surface area contributed by atoms with Crippen LogP contribution in [0.1, 0.15) is 17.3 Å². The monoisotopic (exact) mass is 411 g/mol. The topological polar surface area (TPSA) is 83.0 Å². The first kappa shape index (κ1) is 20.2. The Balaban J connectivity index is 1.71. The van der Waals surface area contributed by atoms with Gasteiger partial charge in [-0.3, -0.25) is 19.5 Å². The first-order valence-electron chi connectivity index (χ1n) is 9.81. The van der Waals surface area contributed by atoms with Crippen LogP contribution in [0.4, 0.5) is 4.39 Å². The second-order valence-corrected chi connectivity index (χ2v) is 7.21. The SMILES string of the molecule is O=C1C(=O)N(CCN2CCOCC2)[C@H](c2ccccn2)/C1=C(\O)c1ccc(F)cc1. The van der Waals surface area contributed by atoms with Gasteiger partial charge in [0.25, 0.3) is 11.7 Å². The Hall–Kier alpha value is -3.10. The van der Waals surface area contributed by atoms with Crippen LogP contribution in [0.2, 0.25) is 0 Å². The zero-order valence-corrected chi connectivity index (χ0v) is 16.3. The molecule has 0 aliphatic carbocycles. The lowest BCUT2D eigenvalue weighted by Crippen LogP contribution is -2.42. The quantitative estimate of drug-likeness (QED) is 0.460. The number of carbonyl (C=O) groups excluding carboxylic acids is 2. The van der Waals surface area contributed by atoms with E-state index in [0.29, 0.717) is 32.0 Å². The van der Waals surface area contributed by atoms with Gasteiger partial charge in [0.1, 0.15) is 17.6 Å². The Morgan fingerprint density at radius 2 is 1.83 bits per heavy atom. The number of pyridine rings is 1. The van der Waals surface area contributed by atoms with Gasteiger partial charge in [-0.25, -0.2) is 4.39 Å². The first-order valence-corrected chi connectivity index (χ1v) is 9.81. The number of aliphatic hydroxyl groups excluding tert-OH is 1. The molecule has 2 fully saturated rings. The summed E-state index contributed by atoms with van der Waals surface area (Å²) >= 11 is 0. The second kappa shape index (κ2) is 8.73. The minimum absolute atomic E-state index is 0.0349. The highest BCUT2D eigenvalue weighted by atomic mass is 19.1. The van der Waals surface area contributed by atoms with E-state index in [4.69, 9.17) is 4.74 Å². The predicted molar refractivity (Wildman–Crippen MR) is 107 cm³/mol. The minimum Gasteiger partial charge on any atom is -0.507 e. The largest absolute Gasteiger partial charge is 0.507 e. The normalized spacial score (nSPS) is 21.9. The van der Waals surface area contributed by atoms with Crippen molar-refractivity contribution in [3.8, 4) is 0 Å². The summed E-state index contributed by atoms with van der Waals surface area (Å²) < 4.78 is 18.6. The van der Waals surface area contributed by atoms with Crippen LogP contribution in [0, 0.1) is 5.82 Å². The van der Waals surface area contributed by atoms with Gasteiger partial charge in [-0.2, -0.15) is 0 Å². The number of hydrogen-bond acceptors (Lipinski definition) is 6. The highest BCUT2D eigenvalue weighted by Gasteiger charge is 2.46. The average molecular weight is 411 g/mol.